The number of fused-ring (bicyclic) bond motifs is 1. The summed E-state index contributed by atoms with van der Waals surface area (Å²) in [5.41, 5.74) is 7.87. The summed E-state index contributed by atoms with van der Waals surface area (Å²) >= 11 is 0. The van der Waals surface area contributed by atoms with Crippen LogP contribution in [0.1, 0.15) is 32.6 Å². The van der Waals surface area contributed by atoms with Crippen molar-refractivity contribution in [1.82, 2.24) is 0 Å². The predicted molar refractivity (Wildman–Crippen MR) is 131 cm³/mol. The SMILES string of the molecule is Cc1cc2c(c(C(=O)O)c1)CC(c1ccc(-c3ccccc3OCc3ccccc3)cc1)=N2. The van der Waals surface area contributed by atoms with Gasteiger partial charge in [-0.1, -0.05) is 72.8 Å². The number of carboxylic acid groups (broad SMARTS) is 1. The van der Waals surface area contributed by atoms with E-state index >= 15 is 0 Å². The molecule has 4 heteroatoms. The number of nitrogens with zero attached hydrogens (tertiary/aromatic N) is 1. The average molecular weight is 434 g/mol. The molecule has 0 radical (unpaired) electrons. The molecule has 1 heterocycles. The van der Waals surface area contributed by atoms with Gasteiger partial charge in [0.1, 0.15) is 12.4 Å². The second-order valence-corrected chi connectivity index (χ2v) is 8.20. The van der Waals surface area contributed by atoms with Gasteiger partial charge in [-0.15, -0.1) is 0 Å². The molecule has 0 aromatic heterocycles. The molecule has 0 amide bonds. The smallest absolute Gasteiger partial charge is 0.336 e. The summed E-state index contributed by atoms with van der Waals surface area (Å²) in [4.78, 5) is 16.4. The number of carbonyl (C=O) groups is 1. The number of para-hydroxylation sites is 1. The molecule has 1 N–H and O–H groups in total. The quantitative estimate of drug-likeness (QED) is 0.372. The number of benzene rings is 4. The zero-order chi connectivity index (χ0) is 22.8. The molecular formula is C29H23NO3. The fraction of sp³-hybridized carbons (Fsp3) is 0.103. The lowest BCUT2D eigenvalue weighted by atomic mass is 9.97. The van der Waals surface area contributed by atoms with Gasteiger partial charge in [0.05, 0.1) is 17.0 Å². The third-order valence-corrected chi connectivity index (χ3v) is 5.85. The van der Waals surface area contributed by atoms with Gasteiger partial charge in [-0.2, -0.15) is 0 Å². The molecule has 0 aliphatic carbocycles. The molecule has 0 saturated carbocycles. The summed E-state index contributed by atoms with van der Waals surface area (Å²) in [5.74, 6) is -0.0739. The van der Waals surface area contributed by atoms with Crippen molar-refractivity contribution in [2.45, 2.75) is 20.0 Å². The Hall–Kier alpha value is -4.18. The van der Waals surface area contributed by atoms with Crippen molar-refractivity contribution in [2.24, 2.45) is 4.99 Å². The second kappa shape index (κ2) is 8.75. The van der Waals surface area contributed by atoms with Crippen LogP contribution in [0.15, 0.2) is 96.0 Å². The van der Waals surface area contributed by atoms with Gasteiger partial charge >= 0.3 is 5.97 Å². The Morgan fingerprint density at radius 3 is 2.36 bits per heavy atom. The van der Waals surface area contributed by atoms with E-state index in [-0.39, 0.29) is 0 Å². The number of aromatic carboxylic acids is 1. The fourth-order valence-electron chi connectivity index (χ4n) is 4.20. The molecule has 0 saturated heterocycles. The van der Waals surface area contributed by atoms with Gasteiger partial charge in [0.15, 0.2) is 0 Å². The molecule has 1 aliphatic rings. The second-order valence-electron chi connectivity index (χ2n) is 8.20. The van der Waals surface area contributed by atoms with Crippen LogP contribution in [0.4, 0.5) is 5.69 Å². The van der Waals surface area contributed by atoms with Crippen LogP contribution >= 0.6 is 0 Å². The van der Waals surface area contributed by atoms with Crippen molar-refractivity contribution in [3.8, 4) is 16.9 Å². The highest BCUT2D eigenvalue weighted by atomic mass is 16.5. The van der Waals surface area contributed by atoms with E-state index in [0.717, 1.165) is 50.5 Å². The van der Waals surface area contributed by atoms with Gasteiger partial charge in [-0.3, -0.25) is 4.99 Å². The molecule has 0 bridgehead atoms. The number of carboxylic acids is 1. The first-order chi connectivity index (χ1) is 16.1. The lowest BCUT2D eigenvalue weighted by Crippen LogP contribution is -2.06. The zero-order valence-electron chi connectivity index (χ0n) is 18.3. The molecule has 4 aromatic carbocycles. The van der Waals surface area contributed by atoms with Crippen LogP contribution in [0.5, 0.6) is 5.75 Å². The van der Waals surface area contributed by atoms with Gasteiger partial charge in [0.25, 0.3) is 0 Å². The minimum absolute atomic E-state index is 0.338. The van der Waals surface area contributed by atoms with E-state index in [1.165, 1.54) is 0 Å². The Kier molecular flexibility index (Phi) is 5.49. The Bertz CT molecular complexity index is 1360. The molecule has 4 aromatic rings. The first kappa shape index (κ1) is 20.7. The average Bonchev–Trinajstić information content (AvgIpc) is 3.27. The maximum Gasteiger partial charge on any atom is 0.336 e. The molecule has 0 spiro atoms. The van der Waals surface area contributed by atoms with Crippen LogP contribution in [0.2, 0.25) is 0 Å². The van der Waals surface area contributed by atoms with Gasteiger partial charge in [-0.25, -0.2) is 4.79 Å². The van der Waals surface area contributed by atoms with E-state index in [1.54, 1.807) is 6.07 Å². The minimum Gasteiger partial charge on any atom is -0.488 e. The first-order valence-electron chi connectivity index (χ1n) is 10.9. The molecule has 0 unspecified atom stereocenters. The Morgan fingerprint density at radius 1 is 0.909 bits per heavy atom. The third kappa shape index (κ3) is 4.28. The molecular weight excluding hydrogens is 410 g/mol. The molecule has 0 atom stereocenters. The molecule has 5 rings (SSSR count). The van der Waals surface area contributed by atoms with Crippen molar-refractivity contribution in [3.05, 3.63) is 119 Å². The Balaban J connectivity index is 1.38. The van der Waals surface area contributed by atoms with E-state index in [2.05, 4.69) is 30.3 Å². The van der Waals surface area contributed by atoms with E-state index in [0.29, 0.717) is 18.6 Å². The molecule has 4 nitrogen and oxygen atoms in total. The third-order valence-electron chi connectivity index (χ3n) is 5.85. The van der Waals surface area contributed by atoms with Gasteiger partial charge < -0.3 is 9.84 Å². The summed E-state index contributed by atoms with van der Waals surface area (Å²) < 4.78 is 6.12. The predicted octanol–water partition coefficient (Wildman–Crippen LogP) is 6.62. The lowest BCUT2D eigenvalue weighted by molar-refractivity contribution is 0.0696. The van der Waals surface area contributed by atoms with Crippen molar-refractivity contribution in [2.75, 3.05) is 0 Å². The van der Waals surface area contributed by atoms with Crippen LogP contribution in [-0.4, -0.2) is 16.8 Å². The monoisotopic (exact) mass is 433 g/mol. The Labute approximate surface area is 192 Å². The van der Waals surface area contributed by atoms with E-state index in [4.69, 9.17) is 9.73 Å². The summed E-state index contributed by atoms with van der Waals surface area (Å²) in [7, 11) is 0. The maximum atomic E-state index is 11.7. The standard InChI is InChI=1S/C29H23NO3/c1-19-15-25(29(31)32)24-17-26(30-27(24)16-19)22-13-11-21(12-14-22)23-9-5-6-10-28(23)33-18-20-7-3-2-4-8-20/h2-16H,17-18H2,1H3,(H,31,32). The summed E-state index contributed by atoms with van der Waals surface area (Å²) in [6.07, 6.45) is 0.521. The minimum atomic E-state index is -0.908. The van der Waals surface area contributed by atoms with Gasteiger partial charge in [0, 0.05) is 12.0 Å². The summed E-state index contributed by atoms with van der Waals surface area (Å²) in [5, 5.41) is 9.57. The van der Waals surface area contributed by atoms with Crippen LogP contribution in [-0.2, 0) is 13.0 Å². The van der Waals surface area contributed by atoms with E-state index in [1.807, 2.05) is 61.5 Å². The highest BCUT2D eigenvalue weighted by Gasteiger charge is 2.23. The van der Waals surface area contributed by atoms with Crippen LogP contribution < -0.4 is 4.74 Å². The van der Waals surface area contributed by atoms with E-state index < -0.39 is 5.97 Å². The Morgan fingerprint density at radius 2 is 1.61 bits per heavy atom. The maximum absolute atomic E-state index is 11.7. The number of aryl methyl sites for hydroxylation is 1. The zero-order valence-corrected chi connectivity index (χ0v) is 18.3. The van der Waals surface area contributed by atoms with Gasteiger partial charge in [0.2, 0.25) is 0 Å². The largest absolute Gasteiger partial charge is 0.488 e. The van der Waals surface area contributed by atoms with Crippen molar-refractivity contribution >= 4 is 17.4 Å². The highest BCUT2D eigenvalue weighted by molar-refractivity contribution is 6.09. The van der Waals surface area contributed by atoms with Crippen LogP contribution in [0.3, 0.4) is 0 Å². The fourth-order valence-corrected chi connectivity index (χ4v) is 4.20. The number of hydrogen-bond donors (Lipinski definition) is 1. The number of rotatable bonds is 6. The van der Waals surface area contributed by atoms with Crippen molar-refractivity contribution in [3.63, 3.8) is 0 Å². The number of ether oxygens (including phenoxy) is 1. The van der Waals surface area contributed by atoms with Crippen molar-refractivity contribution in [1.29, 1.82) is 0 Å². The number of hydrogen-bond acceptors (Lipinski definition) is 3. The molecule has 1 aliphatic heterocycles. The topological polar surface area (TPSA) is 58.9 Å². The summed E-state index contributed by atoms with van der Waals surface area (Å²) in [6.45, 7) is 2.41. The molecule has 0 fully saturated rings. The number of aliphatic imine (C=N–C) groups is 1. The van der Waals surface area contributed by atoms with Gasteiger partial charge in [-0.05, 0) is 52.9 Å². The van der Waals surface area contributed by atoms with E-state index in [9.17, 15) is 9.90 Å². The van der Waals surface area contributed by atoms with Crippen LogP contribution in [0.25, 0.3) is 11.1 Å². The lowest BCUT2D eigenvalue weighted by Gasteiger charge is -2.12. The van der Waals surface area contributed by atoms with Crippen molar-refractivity contribution < 1.29 is 14.6 Å². The normalized spacial score (nSPS) is 12.2. The molecule has 33 heavy (non-hydrogen) atoms. The highest BCUT2D eigenvalue weighted by Crippen LogP contribution is 2.34. The van der Waals surface area contributed by atoms with Crippen LogP contribution in [0, 0.1) is 6.92 Å². The summed E-state index contributed by atoms with van der Waals surface area (Å²) in [6, 6.07) is 30.0. The molecule has 162 valence electrons. The first-order valence-corrected chi connectivity index (χ1v) is 10.9.